The van der Waals surface area contributed by atoms with Crippen molar-refractivity contribution < 1.29 is 19.1 Å². The average Bonchev–Trinajstić information content (AvgIpc) is 2.73. The fourth-order valence-corrected chi connectivity index (χ4v) is 3.72. The standard InChI is InChI=1S/C18H23NO4/c1-12-5-4-6-13(9-12)19-16(21)14-10-15(20)23-18(14)7-8-22-17(2,3)11-18/h4-6,9,14H,7-8,10-11H2,1-3H3,(H,19,21)/t14-,18-/m0/s1. The molecular weight excluding hydrogens is 294 g/mol. The summed E-state index contributed by atoms with van der Waals surface area (Å²) >= 11 is 0. The highest BCUT2D eigenvalue weighted by Gasteiger charge is 2.56. The van der Waals surface area contributed by atoms with Crippen molar-refractivity contribution in [1.82, 2.24) is 0 Å². The molecule has 2 fully saturated rings. The van der Waals surface area contributed by atoms with Crippen molar-refractivity contribution in [2.75, 3.05) is 11.9 Å². The zero-order chi connectivity index (χ0) is 16.7. The molecule has 0 radical (unpaired) electrons. The van der Waals surface area contributed by atoms with Gasteiger partial charge in [-0.15, -0.1) is 0 Å². The van der Waals surface area contributed by atoms with E-state index in [0.717, 1.165) is 11.3 Å². The number of hydrogen-bond acceptors (Lipinski definition) is 4. The minimum atomic E-state index is -0.743. The van der Waals surface area contributed by atoms with Crippen LogP contribution in [0, 0.1) is 12.8 Å². The Morgan fingerprint density at radius 1 is 1.35 bits per heavy atom. The first-order chi connectivity index (χ1) is 10.8. The van der Waals surface area contributed by atoms with E-state index >= 15 is 0 Å². The monoisotopic (exact) mass is 317 g/mol. The van der Waals surface area contributed by atoms with Gasteiger partial charge in [0.1, 0.15) is 5.60 Å². The summed E-state index contributed by atoms with van der Waals surface area (Å²) in [4.78, 5) is 24.7. The van der Waals surface area contributed by atoms with E-state index in [1.807, 2.05) is 45.0 Å². The van der Waals surface area contributed by atoms with E-state index in [2.05, 4.69) is 5.32 Å². The SMILES string of the molecule is Cc1cccc(NC(=O)[C@@H]2CC(=O)O[C@]23CCOC(C)(C)C3)c1. The van der Waals surface area contributed by atoms with Crippen LogP contribution in [0.3, 0.4) is 0 Å². The van der Waals surface area contributed by atoms with Crippen LogP contribution in [0.2, 0.25) is 0 Å². The first-order valence-electron chi connectivity index (χ1n) is 8.03. The number of benzene rings is 1. The summed E-state index contributed by atoms with van der Waals surface area (Å²) in [6, 6.07) is 7.63. The topological polar surface area (TPSA) is 64.6 Å². The molecule has 1 aromatic carbocycles. The van der Waals surface area contributed by atoms with Crippen LogP contribution in [0.1, 0.15) is 38.7 Å². The van der Waals surface area contributed by atoms with Crippen LogP contribution in [0.5, 0.6) is 0 Å². The van der Waals surface area contributed by atoms with E-state index in [9.17, 15) is 9.59 Å². The molecule has 2 saturated heterocycles. The van der Waals surface area contributed by atoms with Crippen LogP contribution >= 0.6 is 0 Å². The van der Waals surface area contributed by atoms with Gasteiger partial charge in [0.05, 0.1) is 24.5 Å². The third kappa shape index (κ3) is 3.24. The maximum absolute atomic E-state index is 12.8. The second-order valence-electron chi connectivity index (χ2n) is 7.19. The summed E-state index contributed by atoms with van der Waals surface area (Å²) in [5, 5.41) is 2.93. The van der Waals surface area contributed by atoms with E-state index in [1.165, 1.54) is 0 Å². The number of esters is 1. The molecular formula is C18H23NO4. The second-order valence-corrected chi connectivity index (χ2v) is 7.19. The van der Waals surface area contributed by atoms with Crippen LogP contribution < -0.4 is 5.32 Å². The Hall–Kier alpha value is -1.88. The molecule has 0 bridgehead atoms. The van der Waals surface area contributed by atoms with Crippen molar-refractivity contribution in [3.8, 4) is 0 Å². The summed E-state index contributed by atoms with van der Waals surface area (Å²) in [6.07, 6.45) is 1.24. The molecule has 3 rings (SSSR count). The summed E-state index contributed by atoms with van der Waals surface area (Å²) in [7, 11) is 0. The van der Waals surface area contributed by atoms with Gasteiger partial charge in [-0.3, -0.25) is 9.59 Å². The Labute approximate surface area is 136 Å². The van der Waals surface area contributed by atoms with Gasteiger partial charge in [0.15, 0.2) is 0 Å². The van der Waals surface area contributed by atoms with Crippen LogP contribution in [0.15, 0.2) is 24.3 Å². The number of amides is 1. The largest absolute Gasteiger partial charge is 0.458 e. The third-order valence-corrected chi connectivity index (χ3v) is 4.67. The van der Waals surface area contributed by atoms with Crippen molar-refractivity contribution in [3.05, 3.63) is 29.8 Å². The molecule has 0 unspecified atom stereocenters. The second kappa shape index (κ2) is 5.64. The van der Waals surface area contributed by atoms with Crippen LogP contribution in [-0.2, 0) is 19.1 Å². The predicted molar refractivity (Wildman–Crippen MR) is 86.0 cm³/mol. The van der Waals surface area contributed by atoms with Gasteiger partial charge < -0.3 is 14.8 Å². The Bertz CT molecular complexity index is 640. The number of nitrogens with one attached hydrogen (secondary N) is 1. The first-order valence-corrected chi connectivity index (χ1v) is 8.03. The molecule has 0 aromatic heterocycles. The Kier molecular flexibility index (Phi) is 3.92. The molecule has 1 spiro atoms. The highest BCUT2D eigenvalue weighted by molar-refractivity contribution is 5.97. The van der Waals surface area contributed by atoms with Gasteiger partial charge in [-0.1, -0.05) is 12.1 Å². The molecule has 1 N–H and O–H groups in total. The summed E-state index contributed by atoms with van der Waals surface area (Å²) in [6.45, 7) is 6.40. The van der Waals surface area contributed by atoms with Gasteiger partial charge in [0, 0.05) is 18.5 Å². The zero-order valence-electron chi connectivity index (χ0n) is 13.8. The Morgan fingerprint density at radius 2 is 2.13 bits per heavy atom. The fourth-order valence-electron chi connectivity index (χ4n) is 3.72. The van der Waals surface area contributed by atoms with Crippen molar-refractivity contribution in [2.45, 2.75) is 51.2 Å². The lowest BCUT2D eigenvalue weighted by atomic mass is 9.75. The molecule has 5 nitrogen and oxygen atoms in total. The van der Waals surface area contributed by atoms with Gasteiger partial charge in [0.25, 0.3) is 0 Å². The van der Waals surface area contributed by atoms with E-state index in [4.69, 9.17) is 9.47 Å². The Morgan fingerprint density at radius 3 is 2.83 bits per heavy atom. The van der Waals surface area contributed by atoms with Gasteiger partial charge >= 0.3 is 5.97 Å². The van der Waals surface area contributed by atoms with Gasteiger partial charge in [-0.25, -0.2) is 0 Å². The summed E-state index contributed by atoms with van der Waals surface area (Å²) in [5.41, 5.74) is 0.677. The highest BCUT2D eigenvalue weighted by Crippen LogP contribution is 2.45. The van der Waals surface area contributed by atoms with E-state index in [-0.39, 0.29) is 18.3 Å². The van der Waals surface area contributed by atoms with Gasteiger partial charge in [-0.05, 0) is 38.5 Å². The molecule has 2 atom stereocenters. The number of anilines is 1. The number of carbonyl (C=O) groups is 2. The quantitative estimate of drug-likeness (QED) is 0.852. The van der Waals surface area contributed by atoms with Crippen LogP contribution in [0.4, 0.5) is 5.69 Å². The summed E-state index contributed by atoms with van der Waals surface area (Å²) < 4.78 is 11.4. The molecule has 1 aromatic rings. The molecule has 2 heterocycles. The lowest BCUT2D eigenvalue weighted by molar-refractivity contribution is -0.178. The lowest BCUT2D eigenvalue weighted by Gasteiger charge is -2.43. The van der Waals surface area contributed by atoms with E-state index in [0.29, 0.717) is 19.4 Å². The summed E-state index contributed by atoms with van der Waals surface area (Å²) in [5.74, 6) is -0.926. The normalized spacial score (nSPS) is 29.3. The molecule has 124 valence electrons. The minimum absolute atomic E-state index is 0.133. The van der Waals surface area contributed by atoms with Crippen molar-refractivity contribution in [2.24, 2.45) is 5.92 Å². The predicted octanol–water partition coefficient (Wildman–Crippen LogP) is 2.82. The van der Waals surface area contributed by atoms with Gasteiger partial charge in [-0.2, -0.15) is 0 Å². The first kappa shape index (κ1) is 16.0. The Balaban J connectivity index is 1.82. The molecule has 5 heteroatoms. The number of ether oxygens (including phenoxy) is 2. The average molecular weight is 317 g/mol. The maximum Gasteiger partial charge on any atom is 0.307 e. The maximum atomic E-state index is 12.8. The highest BCUT2D eigenvalue weighted by atomic mass is 16.6. The minimum Gasteiger partial charge on any atom is -0.458 e. The number of hydrogen-bond donors (Lipinski definition) is 1. The molecule has 0 saturated carbocycles. The van der Waals surface area contributed by atoms with Crippen molar-refractivity contribution in [1.29, 1.82) is 0 Å². The van der Waals surface area contributed by atoms with Crippen molar-refractivity contribution in [3.63, 3.8) is 0 Å². The van der Waals surface area contributed by atoms with Crippen LogP contribution in [0.25, 0.3) is 0 Å². The molecule has 2 aliphatic heterocycles. The van der Waals surface area contributed by atoms with Gasteiger partial charge in [0.2, 0.25) is 5.91 Å². The fraction of sp³-hybridized carbons (Fsp3) is 0.556. The van der Waals surface area contributed by atoms with E-state index in [1.54, 1.807) is 0 Å². The molecule has 1 amide bonds. The molecule has 23 heavy (non-hydrogen) atoms. The smallest absolute Gasteiger partial charge is 0.307 e. The lowest BCUT2D eigenvalue weighted by Crippen LogP contribution is -2.52. The zero-order valence-corrected chi connectivity index (χ0v) is 13.8. The van der Waals surface area contributed by atoms with E-state index < -0.39 is 17.1 Å². The number of carbonyl (C=O) groups excluding carboxylic acids is 2. The molecule has 2 aliphatic rings. The third-order valence-electron chi connectivity index (χ3n) is 4.67. The number of aryl methyl sites for hydroxylation is 1. The molecule has 0 aliphatic carbocycles. The number of rotatable bonds is 2. The van der Waals surface area contributed by atoms with Crippen molar-refractivity contribution >= 4 is 17.6 Å². The van der Waals surface area contributed by atoms with Crippen LogP contribution in [-0.4, -0.2) is 29.7 Å².